The van der Waals surface area contributed by atoms with Crippen LogP contribution in [0.5, 0.6) is 0 Å². The molecule has 0 saturated carbocycles. The van der Waals surface area contributed by atoms with Gasteiger partial charge in [-0.15, -0.1) is 0 Å². The molecule has 1 amide bonds. The molecule has 0 aliphatic carbocycles. The van der Waals surface area contributed by atoms with E-state index in [9.17, 15) is 13.2 Å². The molecule has 0 spiro atoms. The predicted molar refractivity (Wildman–Crippen MR) is 84.1 cm³/mol. The van der Waals surface area contributed by atoms with Crippen molar-refractivity contribution in [2.75, 3.05) is 22.9 Å². The Bertz CT molecular complexity index is 743. The second kappa shape index (κ2) is 5.97. The van der Waals surface area contributed by atoms with E-state index >= 15 is 0 Å². The summed E-state index contributed by atoms with van der Waals surface area (Å²) in [6.07, 6.45) is 1.11. The minimum atomic E-state index is -3.36. The van der Waals surface area contributed by atoms with Crippen molar-refractivity contribution in [3.8, 4) is 0 Å². The fraction of sp³-hybridized carbons (Fsp3) is 0.133. The van der Waals surface area contributed by atoms with Crippen molar-refractivity contribution >= 4 is 27.3 Å². The molecule has 0 fully saturated rings. The third-order valence-corrected chi connectivity index (χ3v) is 4.21. The maximum absolute atomic E-state index is 12.2. The van der Waals surface area contributed by atoms with Crippen LogP contribution in [0, 0.1) is 0 Å². The van der Waals surface area contributed by atoms with E-state index in [4.69, 9.17) is 0 Å². The second-order valence-electron chi connectivity index (χ2n) is 4.60. The molecule has 1 N–H and O–H groups in total. The molecule has 0 bridgehead atoms. The van der Waals surface area contributed by atoms with Gasteiger partial charge in [-0.25, -0.2) is 8.42 Å². The van der Waals surface area contributed by atoms with E-state index in [2.05, 4.69) is 5.32 Å². The number of para-hydroxylation sites is 1. The maximum Gasteiger partial charge on any atom is 0.255 e. The van der Waals surface area contributed by atoms with Gasteiger partial charge in [0.15, 0.2) is 0 Å². The Hall–Kier alpha value is -2.34. The van der Waals surface area contributed by atoms with Crippen LogP contribution >= 0.6 is 0 Å². The standard InChI is InChI=1S/C15H16N2O3S/c1-17(21(2,19)20)14-10-6-7-12(11-14)15(18)16-13-8-4-3-5-9-13/h3-11H,1-2H3,(H,16,18). The van der Waals surface area contributed by atoms with Gasteiger partial charge >= 0.3 is 0 Å². The molecular formula is C15H16N2O3S. The fourth-order valence-electron chi connectivity index (χ4n) is 1.76. The molecule has 0 atom stereocenters. The summed E-state index contributed by atoms with van der Waals surface area (Å²) in [5.74, 6) is -0.287. The SMILES string of the molecule is CN(c1cccc(C(=O)Nc2ccccc2)c1)S(C)(=O)=O. The average Bonchev–Trinajstić information content (AvgIpc) is 2.46. The molecule has 0 unspecified atom stereocenters. The van der Waals surface area contributed by atoms with Crippen LogP contribution in [-0.2, 0) is 10.0 Å². The first-order chi connectivity index (χ1) is 9.88. The number of nitrogens with zero attached hydrogens (tertiary/aromatic N) is 1. The van der Waals surface area contributed by atoms with E-state index in [-0.39, 0.29) is 5.91 Å². The fourth-order valence-corrected chi connectivity index (χ4v) is 2.26. The first-order valence-electron chi connectivity index (χ1n) is 6.28. The van der Waals surface area contributed by atoms with Gasteiger partial charge in [0, 0.05) is 18.3 Å². The first-order valence-corrected chi connectivity index (χ1v) is 8.13. The third kappa shape index (κ3) is 3.82. The lowest BCUT2D eigenvalue weighted by Gasteiger charge is -2.17. The quantitative estimate of drug-likeness (QED) is 0.942. The summed E-state index contributed by atoms with van der Waals surface area (Å²) < 4.78 is 24.2. The van der Waals surface area contributed by atoms with Crippen molar-refractivity contribution in [2.45, 2.75) is 0 Å². The zero-order valence-electron chi connectivity index (χ0n) is 11.8. The Kier molecular flexibility index (Phi) is 4.28. The Morgan fingerprint density at radius 2 is 1.71 bits per heavy atom. The minimum Gasteiger partial charge on any atom is -0.322 e. The number of hydrogen-bond donors (Lipinski definition) is 1. The molecule has 2 aromatic rings. The van der Waals surface area contributed by atoms with Gasteiger partial charge in [0.1, 0.15) is 0 Å². The molecule has 2 rings (SSSR count). The number of sulfonamides is 1. The highest BCUT2D eigenvalue weighted by Gasteiger charge is 2.14. The molecule has 6 heteroatoms. The van der Waals surface area contributed by atoms with Crippen molar-refractivity contribution in [2.24, 2.45) is 0 Å². The predicted octanol–water partition coefficient (Wildman–Crippen LogP) is 2.33. The summed E-state index contributed by atoms with van der Waals surface area (Å²) in [6, 6.07) is 15.5. The van der Waals surface area contributed by atoms with Gasteiger partial charge < -0.3 is 5.32 Å². The number of anilines is 2. The van der Waals surface area contributed by atoms with Crippen LogP contribution in [0.15, 0.2) is 54.6 Å². The van der Waals surface area contributed by atoms with Crippen LogP contribution in [0.2, 0.25) is 0 Å². The summed E-state index contributed by atoms with van der Waals surface area (Å²) >= 11 is 0. The lowest BCUT2D eigenvalue weighted by atomic mass is 10.2. The van der Waals surface area contributed by atoms with Gasteiger partial charge in [-0.1, -0.05) is 24.3 Å². The highest BCUT2D eigenvalue weighted by atomic mass is 32.2. The van der Waals surface area contributed by atoms with Crippen LogP contribution in [0.4, 0.5) is 11.4 Å². The molecule has 2 aromatic carbocycles. The monoisotopic (exact) mass is 304 g/mol. The summed E-state index contributed by atoms with van der Waals surface area (Å²) in [7, 11) is -1.91. The molecule has 0 aliphatic heterocycles. The number of amides is 1. The molecule has 110 valence electrons. The van der Waals surface area contributed by atoms with Gasteiger partial charge in [0.25, 0.3) is 5.91 Å². The van der Waals surface area contributed by atoms with E-state index in [1.807, 2.05) is 18.2 Å². The Morgan fingerprint density at radius 3 is 2.33 bits per heavy atom. The highest BCUT2D eigenvalue weighted by molar-refractivity contribution is 7.92. The zero-order valence-corrected chi connectivity index (χ0v) is 12.6. The van der Waals surface area contributed by atoms with Crippen molar-refractivity contribution in [1.82, 2.24) is 0 Å². The lowest BCUT2D eigenvalue weighted by molar-refractivity contribution is 0.102. The van der Waals surface area contributed by atoms with Crippen molar-refractivity contribution < 1.29 is 13.2 Å². The molecule has 5 nitrogen and oxygen atoms in total. The van der Waals surface area contributed by atoms with Crippen molar-refractivity contribution in [3.05, 3.63) is 60.2 Å². The van der Waals surface area contributed by atoms with E-state index in [0.717, 1.165) is 10.6 Å². The van der Waals surface area contributed by atoms with Gasteiger partial charge in [-0.2, -0.15) is 0 Å². The molecule has 0 saturated heterocycles. The van der Waals surface area contributed by atoms with Crippen LogP contribution in [0.3, 0.4) is 0 Å². The topological polar surface area (TPSA) is 66.5 Å². The normalized spacial score (nSPS) is 11.0. The van der Waals surface area contributed by atoms with Gasteiger partial charge in [0.2, 0.25) is 10.0 Å². The number of carbonyl (C=O) groups is 1. The third-order valence-electron chi connectivity index (χ3n) is 3.00. The van der Waals surface area contributed by atoms with Crippen LogP contribution < -0.4 is 9.62 Å². The number of hydrogen-bond acceptors (Lipinski definition) is 3. The molecule has 21 heavy (non-hydrogen) atoms. The number of rotatable bonds is 4. The Morgan fingerprint density at radius 1 is 1.05 bits per heavy atom. The summed E-state index contributed by atoms with van der Waals surface area (Å²) in [5, 5.41) is 2.76. The highest BCUT2D eigenvalue weighted by Crippen LogP contribution is 2.18. The summed E-state index contributed by atoms with van der Waals surface area (Å²) in [5.41, 5.74) is 1.52. The zero-order chi connectivity index (χ0) is 15.5. The maximum atomic E-state index is 12.2. The van der Waals surface area contributed by atoms with Gasteiger partial charge in [-0.3, -0.25) is 9.10 Å². The average molecular weight is 304 g/mol. The van der Waals surface area contributed by atoms with E-state index < -0.39 is 10.0 Å². The second-order valence-corrected chi connectivity index (χ2v) is 6.61. The van der Waals surface area contributed by atoms with Crippen molar-refractivity contribution in [3.63, 3.8) is 0 Å². The minimum absolute atomic E-state index is 0.287. The smallest absolute Gasteiger partial charge is 0.255 e. The van der Waals surface area contributed by atoms with E-state index in [1.54, 1.807) is 36.4 Å². The Balaban J connectivity index is 2.23. The van der Waals surface area contributed by atoms with Crippen LogP contribution in [0.1, 0.15) is 10.4 Å². The lowest BCUT2D eigenvalue weighted by Crippen LogP contribution is -2.25. The molecule has 0 heterocycles. The number of nitrogens with one attached hydrogen (secondary N) is 1. The van der Waals surface area contributed by atoms with Crippen LogP contribution in [-0.4, -0.2) is 27.6 Å². The number of carbonyl (C=O) groups excluding carboxylic acids is 1. The Labute approximate surface area is 124 Å². The molecule has 0 aliphatic rings. The van der Waals surface area contributed by atoms with Crippen molar-refractivity contribution in [1.29, 1.82) is 0 Å². The number of benzene rings is 2. The molecule has 0 aromatic heterocycles. The first kappa shape index (κ1) is 15.1. The molecule has 0 radical (unpaired) electrons. The van der Waals surface area contributed by atoms with Crippen LogP contribution in [0.25, 0.3) is 0 Å². The van der Waals surface area contributed by atoms with Gasteiger partial charge in [-0.05, 0) is 30.3 Å². The summed E-state index contributed by atoms with van der Waals surface area (Å²) in [4.78, 5) is 12.2. The van der Waals surface area contributed by atoms with E-state index in [1.165, 1.54) is 7.05 Å². The van der Waals surface area contributed by atoms with E-state index in [0.29, 0.717) is 16.9 Å². The molecular weight excluding hydrogens is 288 g/mol. The summed E-state index contributed by atoms with van der Waals surface area (Å²) in [6.45, 7) is 0. The van der Waals surface area contributed by atoms with Gasteiger partial charge in [0.05, 0.1) is 11.9 Å². The largest absolute Gasteiger partial charge is 0.322 e.